The van der Waals surface area contributed by atoms with Crippen molar-refractivity contribution in [3.8, 4) is 0 Å². The molecule has 0 aliphatic carbocycles. The van der Waals surface area contributed by atoms with E-state index in [9.17, 15) is 4.79 Å². The first-order chi connectivity index (χ1) is 7.75. The van der Waals surface area contributed by atoms with Gasteiger partial charge in [-0.1, -0.05) is 6.42 Å². The second-order valence-electron chi connectivity index (χ2n) is 4.09. The summed E-state index contributed by atoms with van der Waals surface area (Å²) in [5.41, 5.74) is 0.957. The lowest BCUT2D eigenvalue weighted by Crippen LogP contribution is -2.29. The van der Waals surface area contributed by atoms with Gasteiger partial charge in [0.2, 0.25) is 5.91 Å². The Morgan fingerprint density at radius 3 is 2.94 bits per heavy atom. The van der Waals surface area contributed by atoms with Crippen LogP contribution in [0.25, 0.3) is 0 Å². The Morgan fingerprint density at radius 2 is 2.19 bits per heavy atom. The molecule has 0 N–H and O–H groups in total. The number of pyridine rings is 1. The fraction of sp³-hybridized carbons (Fsp3) is 0.500. The van der Waals surface area contributed by atoms with Gasteiger partial charge in [-0.05, 0) is 40.9 Å². The molecule has 0 unspecified atom stereocenters. The molecule has 1 saturated heterocycles. The summed E-state index contributed by atoms with van der Waals surface area (Å²) in [6, 6.07) is 3.92. The molecule has 2 rings (SSSR count). The van der Waals surface area contributed by atoms with E-state index in [4.69, 9.17) is 0 Å². The second kappa shape index (κ2) is 5.43. The van der Waals surface area contributed by atoms with Crippen molar-refractivity contribution in [3.05, 3.63) is 28.5 Å². The summed E-state index contributed by atoms with van der Waals surface area (Å²) in [5, 5.41) is 0. The quantitative estimate of drug-likeness (QED) is 0.836. The van der Waals surface area contributed by atoms with Crippen LogP contribution in [0.3, 0.4) is 0 Å². The lowest BCUT2D eigenvalue weighted by atomic mass is 10.2. The van der Waals surface area contributed by atoms with Crippen molar-refractivity contribution in [2.75, 3.05) is 6.54 Å². The average Bonchev–Trinajstić information content (AvgIpc) is 2.48. The lowest BCUT2D eigenvalue weighted by Gasteiger charge is -2.19. The molecule has 1 aromatic rings. The molecule has 0 bridgehead atoms. The topological polar surface area (TPSA) is 33.2 Å². The van der Waals surface area contributed by atoms with E-state index in [1.165, 1.54) is 0 Å². The predicted molar refractivity (Wildman–Crippen MR) is 65.8 cm³/mol. The van der Waals surface area contributed by atoms with E-state index in [0.717, 1.165) is 36.0 Å². The zero-order valence-corrected chi connectivity index (χ0v) is 10.7. The van der Waals surface area contributed by atoms with E-state index in [2.05, 4.69) is 20.9 Å². The van der Waals surface area contributed by atoms with E-state index in [1.807, 2.05) is 17.0 Å². The molecule has 1 fully saturated rings. The van der Waals surface area contributed by atoms with Crippen molar-refractivity contribution < 1.29 is 4.79 Å². The maximum Gasteiger partial charge on any atom is 0.222 e. The number of likely N-dealkylation sites (tertiary alicyclic amines) is 1. The molecule has 0 spiro atoms. The highest BCUT2D eigenvalue weighted by molar-refractivity contribution is 9.10. The van der Waals surface area contributed by atoms with Gasteiger partial charge in [0.1, 0.15) is 0 Å². The monoisotopic (exact) mass is 282 g/mol. The van der Waals surface area contributed by atoms with Gasteiger partial charge in [-0.3, -0.25) is 9.78 Å². The molecule has 1 aliphatic rings. The van der Waals surface area contributed by atoms with E-state index in [-0.39, 0.29) is 5.91 Å². The van der Waals surface area contributed by atoms with Crippen LogP contribution in [-0.2, 0) is 11.3 Å². The Hall–Kier alpha value is -0.900. The zero-order valence-electron chi connectivity index (χ0n) is 9.16. The van der Waals surface area contributed by atoms with Gasteiger partial charge < -0.3 is 4.90 Å². The van der Waals surface area contributed by atoms with E-state index in [0.29, 0.717) is 13.0 Å². The van der Waals surface area contributed by atoms with Crippen LogP contribution in [-0.4, -0.2) is 22.3 Å². The zero-order chi connectivity index (χ0) is 11.4. The number of hydrogen-bond donors (Lipinski definition) is 0. The highest BCUT2D eigenvalue weighted by Crippen LogP contribution is 2.14. The van der Waals surface area contributed by atoms with Gasteiger partial charge in [-0.25, -0.2) is 0 Å². The minimum atomic E-state index is 0.266. The van der Waals surface area contributed by atoms with Crippen LogP contribution in [0, 0.1) is 0 Å². The molecule has 0 saturated carbocycles. The van der Waals surface area contributed by atoms with Gasteiger partial charge >= 0.3 is 0 Å². The Bertz CT molecular complexity index is 364. The molecule has 2 heterocycles. The second-order valence-corrected chi connectivity index (χ2v) is 5.01. The van der Waals surface area contributed by atoms with Crippen LogP contribution in [0.5, 0.6) is 0 Å². The van der Waals surface area contributed by atoms with Crippen LogP contribution in [0.2, 0.25) is 0 Å². The Balaban J connectivity index is 2.02. The van der Waals surface area contributed by atoms with Gasteiger partial charge in [0.25, 0.3) is 0 Å². The average molecular weight is 283 g/mol. The van der Waals surface area contributed by atoms with Gasteiger partial charge in [0.05, 0.1) is 12.2 Å². The first-order valence-corrected chi connectivity index (χ1v) is 6.43. The third-order valence-electron chi connectivity index (χ3n) is 2.81. The van der Waals surface area contributed by atoms with Gasteiger partial charge in [0.15, 0.2) is 0 Å². The van der Waals surface area contributed by atoms with Crippen molar-refractivity contribution >= 4 is 21.8 Å². The maximum absolute atomic E-state index is 11.8. The molecular weight excluding hydrogens is 268 g/mol. The molecule has 86 valence electrons. The molecule has 1 aromatic heterocycles. The predicted octanol–water partition coefficient (Wildman–Crippen LogP) is 2.75. The molecule has 1 amide bonds. The largest absolute Gasteiger partial charge is 0.337 e. The molecular formula is C12H15BrN2O. The van der Waals surface area contributed by atoms with Crippen molar-refractivity contribution in [3.63, 3.8) is 0 Å². The van der Waals surface area contributed by atoms with Crippen LogP contribution >= 0.6 is 15.9 Å². The number of rotatable bonds is 2. The molecule has 0 atom stereocenters. The van der Waals surface area contributed by atoms with Gasteiger partial charge in [-0.2, -0.15) is 0 Å². The minimum Gasteiger partial charge on any atom is -0.337 e. The Labute approximate surface area is 104 Å². The van der Waals surface area contributed by atoms with Crippen molar-refractivity contribution in [1.29, 1.82) is 0 Å². The lowest BCUT2D eigenvalue weighted by molar-refractivity contribution is -0.131. The highest BCUT2D eigenvalue weighted by atomic mass is 79.9. The minimum absolute atomic E-state index is 0.266. The number of amides is 1. The summed E-state index contributed by atoms with van der Waals surface area (Å²) in [4.78, 5) is 18.0. The number of carbonyl (C=O) groups is 1. The molecule has 0 radical (unpaired) electrons. The van der Waals surface area contributed by atoms with Crippen molar-refractivity contribution in [1.82, 2.24) is 9.88 Å². The molecule has 1 aliphatic heterocycles. The third-order valence-corrected chi connectivity index (χ3v) is 3.28. The van der Waals surface area contributed by atoms with E-state index >= 15 is 0 Å². The van der Waals surface area contributed by atoms with E-state index < -0.39 is 0 Å². The summed E-state index contributed by atoms with van der Waals surface area (Å²) in [5.74, 6) is 0.266. The molecule has 16 heavy (non-hydrogen) atoms. The number of carbonyl (C=O) groups excluding carboxylic acids is 1. The summed E-state index contributed by atoms with van der Waals surface area (Å²) in [6.45, 7) is 1.52. The van der Waals surface area contributed by atoms with Crippen molar-refractivity contribution in [2.45, 2.75) is 32.2 Å². The van der Waals surface area contributed by atoms with Crippen molar-refractivity contribution in [2.24, 2.45) is 0 Å². The Kier molecular flexibility index (Phi) is 3.93. The summed E-state index contributed by atoms with van der Waals surface area (Å²) in [7, 11) is 0. The first-order valence-electron chi connectivity index (χ1n) is 5.64. The van der Waals surface area contributed by atoms with Crippen LogP contribution in [0.15, 0.2) is 22.8 Å². The van der Waals surface area contributed by atoms with Gasteiger partial charge in [-0.15, -0.1) is 0 Å². The smallest absolute Gasteiger partial charge is 0.222 e. The number of hydrogen-bond acceptors (Lipinski definition) is 2. The summed E-state index contributed by atoms with van der Waals surface area (Å²) in [6.07, 6.45) is 5.77. The van der Waals surface area contributed by atoms with E-state index in [1.54, 1.807) is 6.20 Å². The molecule has 4 heteroatoms. The van der Waals surface area contributed by atoms with Crippen LogP contribution in [0.4, 0.5) is 0 Å². The summed E-state index contributed by atoms with van der Waals surface area (Å²) < 4.78 is 0.971. The van der Waals surface area contributed by atoms with Crippen LogP contribution < -0.4 is 0 Å². The third kappa shape index (κ3) is 3.04. The fourth-order valence-electron chi connectivity index (χ4n) is 1.90. The number of halogens is 1. The molecule has 3 nitrogen and oxygen atoms in total. The number of nitrogens with zero attached hydrogens (tertiary/aromatic N) is 2. The SMILES string of the molecule is O=C1CCCCCN1Cc1ccc(Br)cn1. The highest BCUT2D eigenvalue weighted by Gasteiger charge is 2.16. The maximum atomic E-state index is 11.8. The fourth-order valence-corrected chi connectivity index (χ4v) is 2.14. The molecule has 0 aromatic carbocycles. The number of aromatic nitrogens is 1. The van der Waals surface area contributed by atoms with Crippen LogP contribution in [0.1, 0.15) is 31.4 Å². The Morgan fingerprint density at radius 1 is 1.31 bits per heavy atom. The first kappa shape index (κ1) is 11.6. The van der Waals surface area contributed by atoms with Gasteiger partial charge in [0, 0.05) is 23.6 Å². The standard InChI is InChI=1S/C12H15BrN2O/c13-10-5-6-11(14-8-10)9-15-7-3-1-2-4-12(15)16/h5-6,8H,1-4,7,9H2. The normalized spacial score (nSPS) is 17.3. The summed E-state index contributed by atoms with van der Waals surface area (Å²) >= 11 is 3.35.